The lowest BCUT2D eigenvalue weighted by Crippen LogP contribution is -2.39. The summed E-state index contributed by atoms with van der Waals surface area (Å²) >= 11 is 0. The van der Waals surface area contributed by atoms with Crippen LogP contribution < -0.4 is 15.8 Å². The Hall–Kier alpha value is -1.01. The van der Waals surface area contributed by atoms with Crippen molar-refractivity contribution in [1.82, 2.24) is 10.2 Å². The van der Waals surface area contributed by atoms with Gasteiger partial charge in [0.05, 0.1) is 7.11 Å². The van der Waals surface area contributed by atoms with Crippen molar-refractivity contribution in [2.45, 2.75) is 38.8 Å². The Labute approximate surface area is 163 Å². The molecule has 1 aromatic carbocycles. The summed E-state index contributed by atoms with van der Waals surface area (Å²) in [7, 11) is 1.69. The number of hydrogen-bond donors (Lipinski definition) is 2. The van der Waals surface area contributed by atoms with Gasteiger partial charge in [-0.05, 0) is 56.5 Å². The molecule has 1 saturated heterocycles. The number of piperidine rings is 1. The standard InChI is InChI=1S/C18H29N3O2.2ClH/c1-14(19)11-18(22)20-12-15-7-9-21(10-8-15)13-16-3-5-17(23-2)6-4-16;;/h3-6,14-15H,7-13,19H2,1-2H3,(H,20,22);2*1H. The normalized spacial score (nSPS) is 16.3. The van der Waals surface area contributed by atoms with E-state index < -0.39 is 0 Å². The van der Waals surface area contributed by atoms with Gasteiger partial charge in [0.1, 0.15) is 5.75 Å². The van der Waals surface area contributed by atoms with Gasteiger partial charge in [-0.15, -0.1) is 24.8 Å². The first kappa shape index (κ1) is 24.0. The predicted molar refractivity (Wildman–Crippen MR) is 107 cm³/mol. The summed E-state index contributed by atoms with van der Waals surface area (Å²) in [6.45, 7) is 5.78. The molecule has 1 aliphatic rings. The lowest BCUT2D eigenvalue weighted by atomic mass is 9.96. The molecule has 1 aromatic rings. The van der Waals surface area contributed by atoms with Gasteiger partial charge in [0, 0.05) is 25.6 Å². The fourth-order valence-corrected chi connectivity index (χ4v) is 2.96. The molecule has 1 amide bonds. The molecular formula is C18H31Cl2N3O2. The van der Waals surface area contributed by atoms with E-state index in [1.165, 1.54) is 5.56 Å². The van der Waals surface area contributed by atoms with E-state index in [0.717, 1.165) is 44.8 Å². The summed E-state index contributed by atoms with van der Waals surface area (Å²) in [5.41, 5.74) is 6.95. The van der Waals surface area contributed by atoms with Crippen molar-refractivity contribution in [1.29, 1.82) is 0 Å². The second-order valence-electron chi connectivity index (χ2n) is 6.55. The maximum Gasteiger partial charge on any atom is 0.221 e. The number of rotatable bonds is 7. The Morgan fingerprint density at radius 3 is 2.40 bits per heavy atom. The molecule has 3 N–H and O–H groups in total. The number of hydrogen-bond acceptors (Lipinski definition) is 4. The first-order valence-corrected chi connectivity index (χ1v) is 8.44. The topological polar surface area (TPSA) is 67.6 Å². The Morgan fingerprint density at radius 2 is 1.88 bits per heavy atom. The van der Waals surface area contributed by atoms with Crippen LogP contribution in [0.15, 0.2) is 24.3 Å². The number of amides is 1. The smallest absolute Gasteiger partial charge is 0.221 e. The van der Waals surface area contributed by atoms with Crippen molar-refractivity contribution in [3.05, 3.63) is 29.8 Å². The summed E-state index contributed by atoms with van der Waals surface area (Å²) in [6, 6.07) is 8.20. The number of carbonyl (C=O) groups excluding carboxylic acids is 1. The quantitative estimate of drug-likeness (QED) is 0.749. The van der Waals surface area contributed by atoms with Crippen molar-refractivity contribution in [3.63, 3.8) is 0 Å². The summed E-state index contributed by atoms with van der Waals surface area (Å²) in [5, 5.41) is 3.01. The van der Waals surface area contributed by atoms with E-state index in [1.807, 2.05) is 19.1 Å². The van der Waals surface area contributed by atoms with E-state index in [-0.39, 0.29) is 36.8 Å². The van der Waals surface area contributed by atoms with E-state index in [4.69, 9.17) is 10.5 Å². The fourth-order valence-electron chi connectivity index (χ4n) is 2.96. The minimum absolute atomic E-state index is 0. The molecule has 1 aliphatic heterocycles. The molecule has 2 rings (SSSR count). The molecular weight excluding hydrogens is 361 g/mol. The van der Waals surface area contributed by atoms with Crippen LogP contribution in [0.2, 0.25) is 0 Å². The van der Waals surface area contributed by atoms with E-state index in [9.17, 15) is 4.79 Å². The molecule has 5 nitrogen and oxygen atoms in total. The van der Waals surface area contributed by atoms with Crippen LogP contribution in [-0.4, -0.2) is 43.6 Å². The van der Waals surface area contributed by atoms with E-state index in [0.29, 0.717) is 12.3 Å². The van der Waals surface area contributed by atoms with E-state index in [2.05, 4.69) is 22.3 Å². The molecule has 0 aromatic heterocycles. The van der Waals surface area contributed by atoms with Crippen molar-refractivity contribution in [2.24, 2.45) is 11.7 Å². The van der Waals surface area contributed by atoms with Crippen LogP contribution in [0, 0.1) is 5.92 Å². The Bertz CT molecular complexity index is 490. The van der Waals surface area contributed by atoms with Crippen LogP contribution in [0.4, 0.5) is 0 Å². The molecule has 1 unspecified atom stereocenters. The van der Waals surface area contributed by atoms with Gasteiger partial charge in [-0.1, -0.05) is 12.1 Å². The Morgan fingerprint density at radius 1 is 1.28 bits per heavy atom. The molecule has 0 saturated carbocycles. The minimum Gasteiger partial charge on any atom is -0.497 e. The number of ether oxygens (including phenoxy) is 1. The first-order chi connectivity index (χ1) is 11.1. The number of halogens is 2. The average Bonchev–Trinajstić information content (AvgIpc) is 2.54. The van der Waals surface area contributed by atoms with Gasteiger partial charge in [-0.2, -0.15) is 0 Å². The van der Waals surface area contributed by atoms with Crippen LogP contribution in [0.5, 0.6) is 5.75 Å². The highest BCUT2D eigenvalue weighted by molar-refractivity contribution is 5.85. The molecule has 144 valence electrons. The van der Waals surface area contributed by atoms with Gasteiger partial charge < -0.3 is 15.8 Å². The third-order valence-electron chi connectivity index (χ3n) is 4.37. The molecule has 0 radical (unpaired) electrons. The average molecular weight is 392 g/mol. The van der Waals surface area contributed by atoms with Crippen LogP contribution in [-0.2, 0) is 11.3 Å². The van der Waals surface area contributed by atoms with Crippen LogP contribution in [0.3, 0.4) is 0 Å². The van der Waals surface area contributed by atoms with Gasteiger partial charge in [0.15, 0.2) is 0 Å². The maximum atomic E-state index is 11.6. The molecule has 0 bridgehead atoms. The highest BCUT2D eigenvalue weighted by Gasteiger charge is 2.19. The number of carbonyl (C=O) groups is 1. The van der Waals surface area contributed by atoms with Gasteiger partial charge in [0.25, 0.3) is 0 Å². The Kier molecular flexibility index (Phi) is 11.9. The van der Waals surface area contributed by atoms with E-state index >= 15 is 0 Å². The molecule has 7 heteroatoms. The number of nitrogens with two attached hydrogens (primary N) is 1. The summed E-state index contributed by atoms with van der Waals surface area (Å²) in [6.07, 6.45) is 2.68. The van der Waals surface area contributed by atoms with Gasteiger partial charge in [0.2, 0.25) is 5.91 Å². The zero-order valence-corrected chi connectivity index (χ0v) is 16.7. The zero-order valence-electron chi connectivity index (χ0n) is 15.1. The van der Waals surface area contributed by atoms with Crippen LogP contribution in [0.25, 0.3) is 0 Å². The van der Waals surface area contributed by atoms with Crippen molar-refractivity contribution < 1.29 is 9.53 Å². The molecule has 1 atom stereocenters. The monoisotopic (exact) mass is 391 g/mol. The Balaban J connectivity index is 0.00000288. The van der Waals surface area contributed by atoms with Gasteiger partial charge >= 0.3 is 0 Å². The van der Waals surface area contributed by atoms with Crippen molar-refractivity contribution in [3.8, 4) is 5.75 Å². The summed E-state index contributed by atoms with van der Waals surface area (Å²) < 4.78 is 5.19. The highest BCUT2D eigenvalue weighted by Crippen LogP contribution is 2.19. The van der Waals surface area contributed by atoms with Crippen molar-refractivity contribution >= 4 is 30.7 Å². The fraction of sp³-hybridized carbons (Fsp3) is 0.611. The largest absolute Gasteiger partial charge is 0.497 e. The predicted octanol–water partition coefficient (Wildman–Crippen LogP) is 2.60. The number of likely N-dealkylation sites (tertiary alicyclic amines) is 1. The van der Waals surface area contributed by atoms with Crippen LogP contribution >= 0.6 is 24.8 Å². The number of benzene rings is 1. The van der Waals surface area contributed by atoms with Gasteiger partial charge in [-0.3, -0.25) is 9.69 Å². The highest BCUT2D eigenvalue weighted by atomic mass is 35.5. The lowest BCUT2D eigenvalue weighted by Gasteiger charge is -2.32. The van der Waals surface area contributed by atoms with E-state index in [1.54, 1.807) is 7.11 Å². The molecule has 1 fully saturated rings. The minimum atomic E-state index is -0.0682. The summed E-state index contributed by atoms with van der Waals surface area (Å²) in [4.78, 5) is 14.1. The third kappa shape index (κ3) is 8.77. The van der Waals surface area contributed by atoms with Gasteiger partial charge in [-0.25, -0.2) is 0 Å². The van der Waals surface area contributed by atoms with Crippen LogP contribution in [0.1, 0.15) is 31.7 Å². The molecule has 25 heavy (non-hydrogen) atoms. The third-order valence-corrected chi connectivity index (χ3v) is 4.37. The molecule has 1 heterocycles. The first-order valence-electron chi connectivity index (χ1n) is 8.44. The molecule has 0 spiro atoms. The second kappa shape index (κ2) is 12.4. The number of nitrogens with one attached hydrogen (secondary N) is 1. The zero-order chi connectivity index (χ0) is 16.7. The SMILES string of the molecule is COc1ccc(CN2CCC(CNC(=O)CC(C)N)CC2)cc1.Cl.Cl. The van der Waals surface area contributed by atoms with Crippen molar-refractivity contribution in [2.75, 3.05) is 26.7 Å². The summed E-state index contributed by atoms with van der Waals surface area (Å²) in [5.74, 6) is 1.55. The number of methoxy groups -OCH3 is 1. The lowest BCUT2D eigenvalue weighted by molar-refractivity contribution is -0.121. The number of nitrogens with zero attached hydrogens (tertiary/aromatic N) is 1. The molecule has 0 aliphatic carbocycles. The maximum absolute atomic E-state index is 11.6. The second-order valence-corrected chi connectivity index (χ2v) is 6.55.